The minimum Gasteiger partial charge on any atom is -0.490 e. The van der Waals surface area contributed by atoms with Crippen molar-refractivity contribution in [2.75, 3.05) is 6.61 Å². The molecule has 1 heterocycles. The molecule has 2 aromatic carbocycles. The summed E-state index contributed by atoms with van der Waals surface area (Å²) in [5.41, 5.74) is 0.813. The molecule has 1 aliphatic heterocycles. The number of fused-ring (bicyclic) bond motifs is 1. The first-order chi connectivity index (χ1) is 13.3. The third kappa shape index (κ3) is 4.65. The van der Waals surface area contributed by atoms with Gasteiger partial charge < -0.3 is 14.2 Å². The average molecular weight is 392 g/mol. The molecule has 3 rings (SSSR count). The quantitative estimate of drug-likeness (QED) is 0.646. The van der Waals surface area contributed by atoms with E-state index in [-0.39, 0.29) is 25.1 Å². The Hall–Kier alpha value is -2.96. The van der Waals surface area contributed by atoms with Crippen molar-refractivity contribution in [2.45, 2.75) is 32.7 Å². The van der Waals surface area contributed by atoms with E-state index in [1.807, 2.05) is 0 Å². The first kappa shape index (κ1) is 19.8. The second kappa shape index (κ2) is 7.96. The number of carbonyl (C=O) groups excluding carboxylic acids is 1. The van der Waals surface area contributed by atoms with Crippen molar-refractivity contribution in [2.24, 2.45) is 0 Å². The van der Waals surface area contributed by atoms with Crippen molar-refractivity contribution in [3.63, 3.8) is 0 Å². The Morgan fingerprint density at radius 2 is 1.96 bits per heavy atom. The third-order valence-corrected chi connectivity index (χ3v) is 3.99. The molecule has 0 atom stereocenters. The molecule has 0 saturated heterocycles. The fourth-order valence-corrected chi connectivity index (χ4v) is 2.73. The van der Waals surface area contributed by atoms with Crippen LogP contribution in [0.2, 0.25) is 0 Å². The molecular formula is C21H19F3O4. The van der Waals surface area contributed by atoms with E-state index < -0.39 is 11.7 Å². The van der Waals surface area contributed by atoms with E-state index in [0.29, 0.717) is 22.6 Å². The molecule has 4 nitrogen and oxygen atoms in total. The van der Waals surface area contributed by atoms with Crippen LogP contribution >= 0.6 is 0 Å². The predicted molar refractivity (Wildman–Crippen MR) is 97.5 cm³/mol. The Kier molecular flexibility index (Phi) is 5.63. The molecule has 7 heteroatoms. The third-order valence-electron chi connectivity index (χ3n) is 3.99. The molecule has 1 aliphatic rings. The Balaban J connectivity index is 1.76. The van der Waals surface area contributed by atoms with Crippen molar-refractivity contribution in [1.82, 2.24) is 0 Å². The van der Waals surface area contributed by atoms with Gasteiger partial charge in [-0.05, 0) is 49.8 Å². The van der Waals surface area contributed by atoms with E-state index >= 15 is 0 Å². The van der Waals surface area contributed by atoms with Crippen molar-refractivity contribution in [1.29, 1.82) is 0 Å². The van der Waals surface area contributed by atoms with Gasteiger partial charge in [0.25, 0.3) is 0 Å². The molecule has 28 heavy (non-hydrogen) atoms. The number of carbonyl (C=O) groups is 1. The minimum absolute atomic E-state index is 0.0424. The SMILES string of the molecule is CC(C)Oc1ccc(COc2ccc3c(c2)OCC(C=O)=C3)cc1C(F)(F)F. The lowest BCUT2D eigenvalue weighted by Crippen LogP contribution is -2.13. The lowest BCUT2D eigenvalue weighted by molar-refractivity contribution is -0.139. The molecule has 0 N–H and O–H groups in total. The predicted octanol–water partition coefficient (Wildman–Crippen LogP) is 5.05. The van der Waals surface area contributed by atoms with Gasteiger partial charge in [0.15, 0.2) is 0 Å². The fraction of sp³-hybridized carbons (Fsp3) is 0.286. The number of halogens is 3. The van der Waals surface area contributed by atoms with Crippen LogP contribution in [0.1, 0.15) is 30.5 Å². The van der Waals surface area contributed by atoms with Crippen LogP contribution in [0.15, 0.2) is 42.0 Å². The summed E-state index contributed by atoms with van der Waals surface area (Å²) < 4.78 is 56.3. The number of hydrogen-bond donors (Lipinski definition) is 0. The van der Waals surface area contributed by atoms with Gasteiger partial charge in [-0.3, -0.25) is 4.79 Å². The molecule has 0 bridgehead atoms. The maximum Gasteiger partial charge on any atom is 0.419 e. The van der Waals surface area contributed by atoms with Crippen LogP contribution in [0.25, 0.3) is 6.08 Å². The van der Waals surface area contributed by atoms with Gasteiger partial charge in [0.1, 0.15) is 36.7 Å². The number of rotatable bonds is 6. The Morgan fingerprint density at radius 1 is 1.18 bits per heavy atom. The standard InChI is InChI=1S/C21H19F3O4/c1-13(2)28-19-6-3-14(8-18(19)21(22,23)24)11-26-17-5-4-16-7-15(10-25)12-27-20(16)9-17/h3-10,13H,11-12H2,1-2H3. The molecule has 0 spiro atoms. The van der Waals surface area contributed by atoms with E-state index in [9.17, 15) is 18.0 Å². The second-order valence-electron chi connectivity index (χ2n) is 6.61. The zero-order valence-corrected chi connectivity index (χ0v) is 15.4. The summed E-state index contributed by atoms with van der Waals surface area (Å²) in [5, 5.41) is 0. The Morgan fingerprint density at radius 3 is 2.64 bits per heavy atom. The van der Waals surface area contributed by atoms with Gasteiger partial charge >= 0.3 is 6.18 Å². The molecule has 2 aromatic rings. The topological polar surface area (TPSA) is 44.8 Å². The lowest BCUT2D eigenvalue weighted by Gasteiger charge is -2.18. The fourth-order valence-electron chi connectivity index (χ4n) is 2.73. The number of ether oxygens (including phenoxy) is 3. The lowest BCUT2D eigenvalue weighted by atomic mass is 10.1. The smallest absolute Gasteiger partial charge is 0.419 e. The molecule has 0 aliphatic carbocycles. The maximum atomic E-state index is 13.3. The number of hydrogen-bond acceptors (Lipinski definition) is 4. The summed E-state index contributed by atoms with van der Waals surface area (Å²) >= 11 is 0. The van der Waals surface area contributed by atoms with Crippen LogP contribution in [-0.4, -0.2) is 19.0 Å². The zero-order valence-electron chi connectivity index (χ0n) is 15.4. The number of benzene rings is 2. The van der Waals surface area contributed by atoms with Crippen LogP contribution in [0.4, 0.5) is 13.2 Å². The first-order valence-electron chi connectivity index (χ1n) is 8.68. The molecule has 148 valence electrons. The summed E-state index contributed by atoms with van der Waals surface area (Å²) in [5.74, 6) is 0.809. The van der Waals surface area contributed by atoms with Gasteiger partial charge in [-0.2, -0.15) is 13.2 Å². The van der Waals surface area contributed by atoms with Gasteiger partial charge in [0, 0.05) is 17.2 Å². The zero-order chi connectivity index (χ0) is 20.3. The van der Waals surface area contributed by atoms with E-state index in [4.69, 9.17) is 14.2 Å². The summed E-state index contributed by atoms with van der Waals surface area (Å²) in [7, 11) is 0. The van der Waals surface area contributed by atoms with Crippen LogP contribution in [0.5, 0.6) is 17.2 Å². The number of alkyl halides is 3. The summed E-state index contributed by atoms with van der Waals surface area (Å²) in [6.07, 6.45) is -2.44. The van der Waals surface area contributed by atoms with Crippen molar-refractivity contribution >= 4 is 12.4 Å². The van der Waals surface area contributed by atoms with Crippen LogP contribution in [-0.2, 0) is 17.6 Å². The van der Waals surface area contributed by atoms with Gasteiger partial charge in [-0.15, -0.1) is 0 Å². The van der Waals surface area contributed by atoms with E-state index in [1.165, 1.54) is 6.07 Å². The molecule has 0 radical (unpaired) electrons. The maximum absolute atomic E-state index is 13.3. The molecular weight excluding hydrogens is 373 g/mol. The van der Waals surface area contributed by atoms with E-state index in [2.05, 4.69) is 0 Å². The highest BCUT2D eigenvalue weighted by atomic mass is 19.4. The molecule has 0 unspecified atom stereocenters. The largest absolute Gasteiger partial charge is 0.490 e. The van der Waals surface area contributed by atoms with Gasteiger partial charge in [-0.25, -0.2) is 0 Å². The summed E-state index contributed by atoms with van der Waals surface area (Å²) in [4.78, 5) is 10.8. The highest BCUT2D eigenvalue weighted by Crippen LogP contribution is 2.37. The van der Waals surface area contributed by atoms with Crippen LogP contribution in [0.3, 0.4) is 0 Å². The number of aldehydes is 1. The van der Waals surface area contributed by atoms with Crippen molar-refractivity contribution in [3.05, 3.63) is 58.7 Å². The Bertz CT molecular complexity index is 901. The van der Waals surface area contributed by atoms with Gasteiger partial charge in [-0.1, -0.05) is 6.07 Å². The van der Waals surface area contributed by atoms with E-state index in [0.717, 1.165) is 17.9 Å². The highest BCUT2D eigenvalue weighted by molar-refractivity contribution is 5.84. The van der Waals surface area contributed by atoms with Gasteiger partial charge in [0.05, 0.1) is 11.7 Å². The van der Waals surface area contributed by atoms with Crippen molar-refractivity contribution < 1.29 is 32.2 Å². The van der Waals surface area contributed by atoms with Crippen molar-refractivity contribution in [3.8, 4) is 17.2 Å². The Labute approximate surface area is 160 Å². The summed E-state index contributed by atoms with van der Waals surface area (Å²) in [6.45, 7) is 3.47. The molecule has 0 aromatic heterocycles. The van der Waals surface area contributed by atoms with E-state index in [1.54, 1.807) is 44.2 Å². The second-order valence-corrected chi connectivity index (χ2v) is 6.61. The van der Waals surface area contributed by atoms with Crippen LogP contribution < -0.4 is 14.2 Å². The van der Waals surface area contributed by atoms with Gasteiger partial charge in [0.2, 0.25) is 0 Å². The van der Waals surface area contributed by atoms with Crippen LogP contribution in [0, 0.1) is 0 Å². The average Bonchev–Trinajstić information content (AvgIpc) is 2.65. The monoisotopic (exact) mass is 392 g/mol. The molecule has 0 saturated carbocycles. The molecule has 0 fully saturated rings. The minimum atomic E-state index is -4.53. The molecule has 0 amide bonds. The highest BCUT2D eigenvalue weighted by Gasteiger charge is 2.35. The first-order valence-corrected chi connectivity index (χ1v) is 8.68. The normalized spacial score (nSPS) is 13.4. The summed E-state index contributed by atoms with van der Waals surface area (Å²) in [6, 6.07) is 8.94.